The molecule has 0 unspecified atom stereocenters. The fraction of sp³-hybridized carbons (Fsp3) is 0.316. The fourth-order valence-corrected chi connectivity index (χ4v) is 3.48. The first-order valence-corrected chi connectivity index (χ1v) is 9.74. The highest BCUT2D eigenvalue weighted by Gasteiger charge is 2.21. The minimum Gasteiger partial charge on any atom is -0.447 e. The zero-order chi connectivity index (χ0) is 17.7. The molecule has 1 aliphatic rings. The maximum Gasteiger partial charge on any atom is 0.285 e. The predicted octanol–water partition coefficient (Wildman–Crippen LogP) is 3.67. The summed E-state index contributed by atoms with van der Waals surface area (Å²) in [5, 5.41) is 0. The van der Waals surface area contributed by atoms with E-state index in [1.807, 2.05) is 25.1 Å². The molecule has 6 heteroatoms. The van der Waals surface area contributed by atoms with E-state index in [2.05, 4.69) is 4.40 Å². The summed E-state index contributed by atoms with van der Waals surface area (Å²) in [7, 11) is -3.87. The second-order valence-corrected chi connectivity index (χ2v) is 7.57. The van der Waals surface area contributed by atoms with E-state index < -0.39 is 16.3 Å². The van der Waals surface area contributed by atoms with Gasteiger partial charge in [0.1, 0.15) is 0 Å². The van der Waals surface area contributed by atoms with E-state index in [1.165, 1.54) is 0 Å². The van der Waals surface area contributed by atoms with Gasteiger partial charge in [-0.05, 0) is 44.0 Å². The van der Waals surface area contributed by atoms with Crippen molar-refractivity contribution in [1.29, 1.82) is 0 Å². The van der Waals surface area contributed by atoms with E-state index in [9.17, 15) is 8.42 Å². The molecule has 0 radical (unpaired) electrons. The predicted molar refractivity (Wildman–Crippen MR) is 96.0 cm³/mol. The van der Waals surface area contributed by atoms with E-state index in [0.717, 1.165) is 24.8 Å². The summed E-state index contributed by atoms with van der Waals surface area (Å²) in [4.78, 5) is 0.139. The molecule has 1 fully saturated rings. The Morgan fingerprint density at radius 1 is 1.08 bits per heavy atom. The molecule has 2 aromatic rings. The molecular weight excluding hydrogens is 338 g/mol. The van der Waals surface area contributed by atoms with Crippen LogP contribution in [0.1, 0.15) is 30.4 Å². The van der Waals surface area contributed by atoms with Crippen LogP contribution in [0.2, 0.25) is 0 Å². The average molecular weight is 359 g/mol. The highest BCUT2D eigenvalue weighted by atomic mass is 32.2. The van der Waals surface area contributed by atoms with Gasteiger partial charge >= 0.3 is 0 Å². The average Bonchev–Trinajstić information content (AvgIpc) is 2.63. The zero-order valence-corrected chi connectivity index (χ0v) is 14.9. The minimum atomic E-state index is -3.87. The number of hydrogen-bond acceptors (Lipinski definition) is 4. The molecule has 0 spiro atoms. The monoisotopic (exact) mass is 359 g/mol. The summed E-state index contributed by atoms with van der Waals surface area (Å²) in [6.45, 7) is 2.51. The Morgan fingerprint density at radius 3 is 2.44 bits per heavy atom. The first-order valence-electron chi connectivity index (χ1n) is 8.30. The lowest BCUT2D eigenvalue weighted by Gasteiger charge is -2.24. The normalized spacial score (nSPS) is 18.8. The van der Waals surface area contributed by atoms with Gasteiger partial charge in [0.2, 0.25) is 12.2 Å². The molecule has 0 aromatic heterocycles. The van der Waals surface area contributed by atoms with Crippen LogP contribution in [0, 0.1) is 6.92 Å². The Labute approximate surface area is 148 Å². The second-order valence-electron chi connectivity index (χ2n) is 5.96. The molecule has 3 rings (SSSR count). The molecule has 2 aromatic carbocycles. The van der Waals surface area contributed by atoms with Crippen LogP contribution in [0.4, 0.5) is 0 Å². The van der Waals surface area contributed by atoms with E-state index in [-0.39, 0.29) is 10.8 Å². The van der Waals surface area contributed by atoms with Crippen LogP contribution in [0.25, 0.3) is 0 Å². The van der Waals surface area contributed by atoms with Crippen LogP contribution in [-0.2, 0) is 19.5 Å². The van der Waals surface area contributed by atoms with Gasteiger partial charge in [0.25, 0.3) is 10.0 Å². The van der Waals surface area contributed by atoms with E-state index in [1.54, 1.807) is 36.4 Å². The molecule has 132 valence electrons. The summed E-state index contributed by atoms with van der Waals surface area (Å²) in [6, 6.07) is 15.6. The summed E-state index contributed by atoms with van der Waals surface area (Å²) in [6.07, 6.45) is 2.22. The Balaban J connectivity index is 1.94. The molecule has 1 atom stereocenters. The summed E-state index contributed by atoms with van der Waals surface area (Å²) >= 11 is 0. The van der Waals surface area contributed by atoms with Gasteiger partial charge < -0.3 is 9.47 Å². The summed E-state index contributed by atoms with van der Waals surface area (Å²) < 4.78 is 40.7. The second kappa shape index (κ2) is 7.80. The zero-order valence-electron chi connectivity index (χ0n) is 14.1. The van der Waals surface area contributed by atoms with E-state index >= 15 is 0 Å². The van der Waals surface area contributed by atoms with Crippen molar-refractivity contribution in [2.24, 2.45) is 4.40 Å². The van der Waals surface area contributed by atoms with Crippen molar-refractivity contribution in [3.63, 3.8) is 0 Å². The van der Waals surface area contributed by atoms with Gasteiger partial charge in [0.05, 0.1) is 11.5 Å². The van der Waals surface area contributed by atoms with Gasteiger partial charge in [0.15, 0.2) is 0 Å². The van der Waals surface area contributed by atoms with Crippen molar-refractivity contribution in [3.05, 3.63) is 65.7 Å². The molecule has 0 bridgehead atoms. The highest BCUT2D eigenvalue weighted by molar-refractivity contribution is 7.90. The number of aryl methyl sites for hydroxylation is 1. The number of sulfonamides is 1. The number of ether oxygens (including phenoxy) is 2. The van der Waals surface area contributed by atoms with Crippen molar-refractivity contribution in [2.75, 3.05) is 6.61 Å². The molecule has 1 saturated heterocycles. The summed E-state index contributed by atoms with van der Waals surface area (Å²) in [5.74, 6) is 0.0630. The van der Waals surface area contributed by atoms with Gasteiger partial charge in [0, 0.05) is 12.0 Å². The third kappa shape index (κ3) is 4.67. The maximum atomic E-state index is 12.7. The van der Waals surface area contributed by atoms with Crippen LogP contribution in [0.3, 0.4) is 0 Å². The molecule has 0 N–H and O–H groups in total. The first-order chi connectivity index (χ1) is 12.0. The molecule has 0 saturated carbocycles. The largest absolute Gasteiger partial charge is 0.447 e. The molecule has 5 nitrogen and oxygen atoms in total. The van der Waals surface area contributed by atoms with Crippen molar-refractivity contribution in [1.82, 2.24) is 0 Å². The van der Waals surface area contributed by atoms with Crippen molar-refractivity contribution < 1.29 is 17.9 Å². The lowest BCUT2D eigenvalue weighted by atomic mass is 10.2. The molecular formula is C19H21NO4S. The highest BCUT2D eigenvalue weighted by Crippen LogP contribution is 2.19. The Hall–Kier alpha value is -2.18. The lowest BCUT2D eigenvalue weighted by Crippen LogP contribution is -2.26. The summed E-state index contributed by atoms with van der Waals surface area (Å²) in [5.41, 5.74) is 1.59. The van der Waals surface area contributed by atoms with Crippen LogP contribution in [0.5, 0.6) is 0 Å². The van der Waals surface area contributed by atoms with Gasteiger partial charge in [-0.15, -0.1) is 4.40 Å². The van der Waals surface area contributed by atoms with Gasteiger partial charge in [-0.3, -0.25) is 0 Å². The van der Waals surface area contributed by atoms with Crippen molar-refractivity contribution in [2.45, 2.75) is 37.4 Å². The Bertz CT molecular complexity index is 823. The van der Waals surface area contributed by atoms with Crippen LogP contribution >= 0.6 is 0 Å². The van der Waals surface area contributed by atoms with Crippen LogP contribution < -0.4 is 0 Å². The molecule has 1 aliphatic heterocycles. The van der Waals surface area contributed by atoms with Crippen molar-refractivity contribution >= 4 is 15.9 Å². The Kier molecular flexibility index (Phi) is 5.50. The number of hydrogen-bond donors (Lipinski definition) is 0. The fourth-order valence-electron chi connectivity index (χ4n) is 2.52. The standard InChI is InChI=1S/C19H21NO4S/c1-15-10-12-17(13-11-15)25(21,22)20-19(16-7-3-2-4-8-16)24-18-9-5-6-14-23-18/h2-4,7-8,10-13,18H,5-6,9,14H2,1H3/b20-19+/t18-/m0/s1. The third-order valence-corrected chi connectivity index (χ3v) is 5.20. The van der Waals surface area contributed by atoms with Crippen molar-refractivity contribution in [3.8, 4) is 0 Å². The SMILES string of the molecule is Cc1ccc(S(=O)(=O)/N=C(/O[C@H]2CCCCO2)c2ccccc2)cc1. The molecule has 1 heterocycles. The molecule has 0 aliphatic carbocycles. The van der Waals surface area contributed by atoms with Crippen LogP contribution in [0.15, 0.2) is 63.9 Å². The maximum absolute atomic E-state index is 12.7. The minimum absolute atomic E-state index is 0.0630. The number of benzene rings is 2. The van der Waals surface area contributed by atoms with Gasteiger partial charge in [-0.2, -0.15) is 8.42 Å². The quantitative estimate of drug-likeness (QED) is 0.617. The smallest absolute Gasteiger partial charge is 0.285 e. The first kappa shape index (κ1) is 17.6. The van der Waals surface area contributed by atoms with Gasteiger partial charge in [-0.25, -0.2) is 0 Å². The number of nitrogens with zero attached hydrogens (tertiary/aromatic N) is 1. The molecule has 25 heavy (non-hydrogen) atoms. The van der Waals surface area contributed by atoms with E-state index in [4.69, 9.17) is 9.47 Å². The number of rotatable bonds is 4. The lowest BCUT2D eigenvalue weighted by molar-refractivity contribution is -0.113. The molecule has 0 amide bonds. The topological polar surface area (TPSA) is 65.0 Å². The Morgan fingerprint density at radius 2 is 1.80 bits per heavy atom. The van der Waals surface area contributed by atoms with Gasteiger partial charge in [-0.1, -0.05) is 35.9 Å². The van der Waals surface area contributed by atoms with E-state index in [0.29, 0.717) is 12.2 Å². The third-order valence-electron chi connectivity index (χ3n) is 3.92. The van der Waals surface area contributed by atoms with Crippen LogP contribution in [-0.4, -0.2) is 27.2 Å².